The lowest BCUT2D eigenvalue weighted by molar-refractivity contribution is -0.0465. The molecular formula is C23H19F4N8OP. The molecule has 37 heavy (non-hydrogen) atoms. The molecule has 0 aliphatic carbocycles. The maximum atomic E-state index is 14.7. The maximum absolute atomic E-state index is 14.7. The molecule has 14 heteroatoms. The molecule has 5 rings (SSSR count). The van der Waals surface area contributed by atoms with Crippen LogP contribution < -0.4 is 15.7 Å². The monoisotopic (exact) mass is 530 g/mol. The number of rotatable bonds is 7. The summed E-state index contributed by atoms with van der Waals surface area (Å²) in [4.78, 5) is 12.9. The lowest BCUT2D eigenvalue weighted by Gasteiger charge is -2.22. The molecule has 9 nitrogen and oxygen atoms in total. The Kier molecular flexibility index (Phi) is 6.34. The fourth-order valence-corrected chi connectivity index (χ4v) is 5.56. The van der Waals surface area contributed by atoms with E-state index in [1.54, 1.807) is 10.9 Å². The summed E-state index contributed by atoms with van der Waals surface area (Å²) < 4.78 is 69.2. The smallest absolute Gasteiger partial charge is 0.339 e. The van der Waals surface area contributed by atoms with Gasteiger partial charge in [0.1, 0.15) is 5.82 Å². The first kappa shape index (κ1) is 24.7. The number of alkyl halides is 3. The number of nitrogens with zero attached hydrogens (tertiary/aromatic N) is 6. The van der Waals surface area contributed by atoms with Gasteiger partial charge in [0.05, 0.1) is 23.6 Å². The Bertz CT molecular complexity index is 1660. The van der Waals surface area contributed by atoms with Gasteiger partial charge >= 0.3 is 5.92 Å². The molecule has 0 bridgehead atoms. The second kappa shape index (κ2) is 9.49. The van der Waals surface area contributed by atoms with Gasteiger partial charge in [0.2, 0.25) is 5.65 Å². The Balaban J connectivity index is 1.41. The number of anilines is 2. The van der Waals surface area contributed by atoms with Gasteiger partial charge in [0, 0.05) is 17.3 Å². The van der Waals surface area contributed by atoms with E-state index in [4.69, 9.17) is 0 Å². The third kappa shape index (κ3) is 4.75. The van der Waals surface area contributed by atoms with Crippen molar-refractivity contribution in [1.82, 2.24) is 35.0 Å². The van der Waals surface area contributed by atoms with E-state index in [2.05, 4.69) is 30.6 Å². The molecule has 2 N–H and O–H groups in total. The first-order valence-electron chi connectivity index (χ1n) is 11.1. The zero-order valence-corrected chi connectivity index (χ0v) is 20.1. The molecule has 1 atom stereocenters. The van der Waals surface area contributed by atoms with E-state index in [0.29, 0.717) is 12.2 Å². The Morgan fingerprint density at radius 3 is 2.68 bits per heavy atom. The van der Waals surface area contributed by atoms with Crippen LogP contribution in [0.1, 0.15) is 12.5 Å². The van der Waals surface area contributed by atoms with Crippen molar-refractivity contribution in [2.75, 3.05) is 11.9 Å². The molecular weight excluding hydrogens is 511 g/mol. The first-order valence-corrected chi connectivity index (χ1v) is 12.8. The van der Waals surface area contributed by atoms with Gasteiger partial charge < -0.3 is 5.32 Å². The van der Waals surface area contributed by atoms with E-state index in [1.165, 1.54) is 19.2 Å². The SMILES string of the molecule is CCNP(=O)(c1ccc(Nc2cnc3nnn(Cc4ccc5ncccc5c4)c3n2)cc1F)C(F)(F)F. The molecule has 1 unspecified atom stereocenters. The van der Waals surface area contributed by atoms with E-state index in [0.717, 1.165) is 28.6 Å². The van der Waals surface area contributed by atoms with Crippen molar-refractivity contribution >= 4 is 46.3 Å². The lowest BCUT2D eigenvalue weighted by Crippen LogP contribution is -2.31. The summed E-state index contributed by atoms with van der Waals surface area (Å²) in [5, 5.41) is 12.9. The minimum absolute atomic E-state index is 0.0983. The normalized spacial score (nSPS) is 13.6. The van der Waals surface area contributed by atoms with Crippen molar-refractivity contribution in [3.63, 3.8) is 0 Å². The number of benzene rings is 2. The highest BCUT2D eigenvalue weighted by Crippen LogP contribution is 2.56. The van der Waals surface area contributed by atoms with E-state index < -0.39 is 24.3 Å². The van der Waals surface area contributed by atoms with Gasteiger partial charge in [-0.2, -0.15) is 13.2 Å². The van der Waals surface area contributed by atoms with Crippen molar-refractivity contribution in [3.05, 3.63) is 72.3 Å². The summed E-state index contributed by atoms with van der Waals surface area (Å²) in [5.74, 6) is -6.21. The summed E-state index contributed by atoms with van der Waals surface area (Å²) in [6.45, 7) is 1.46. The number of nitrogens with one attached hydrogen (secondary N) is 2. The minimum atomic E-state index is -5.18. The molecule has 0 saturated carbocycles. The average molecular weight is 530 g/mol. The van der Waals surface area contributed by atoms with Gasteiger partial charge in [0.25, 0.3) is 7.29 Å². The van der Waals surface area contributed by atoms with E-state index in [1.807, 2.05) is 35.4 Å². The number of hydrogen-bond donors (Lipinski definition) is 2. The molecule has 0 amide bonds. The highest BCUT2D eigenvalue weighted by molar-refractivity contribution is 7.70. The van der Waals surface area contributed by atoms with Crippen LogP contribution in [0.2, 0.25) is 0 Å². The van der Waals surface area contributed by atoms with Crippen molar-refractivity contribution < 1.29 is 22.1 Å². The summed E-state index contributed by atoms with van der Waals surface area (Å²) in [6, 6.07) is 12.4. The second-order valence-corrected chi connectivity index (χ2v) is 10.6. The van der Waals surface area contributed by atoms with Gasteiger partial charge in [-0.1, -0.05) is 24.3 Å². The molecule has 0 fully saturated rings. The number of aromatic nitrogens is 6. The first-order chi connectivity index (χ1) is 17.7. The Morgan fingerprint density at radius 2 is 1.92 bits per heavy atom. The number of pyridine rings is 1. The molecule has 0 radical (unpaired) electrons. The third-order valence-electron chi connectivity index (χ3n) is 5.52. The fourth-order valence-electron chi connectivity index (χ4n) is 3.84. The number of hydrogen-bond acceptors (Lipinski definition) is 7. The zero-order valence-electron chi connectivity index (χ0n) is 19.2. The topological polar surface area (TPSA) is 111 Å². The minimum Gasteiger partial charge on any atom is -0.339 e. The summed E-state index contributed by atoms with van der Waals surface area (Å²) in [5.41, 5.74) is 2.52. The molecule has 3 heterocycles. The molecule has 0 aliphatic heterocycles. The van der Waals surface area contributed by atoms with Crippen LogP contribution in [0, 0.1) is 5.82 Å². The predicted molar refractivity (Wildman–Crippen MR) is 131 cm³/mol. The van der Waals surface area contributed by atoms with Gasteiger partial charge in [0.15, 0.2) is 11.5 Å². The van der Waals surface area contributed by atoms with Gasteiger partial charge in [-0.15, -0.1) is 5.10 Å². The Morgan fingerprint density at radius 1 is 1.08 bits per heavy atom. The van der Waals surface area contributed by atoms with Crippen molar-refractivity contribution in [3.8, 4) is 0 Å². The maximum Gasteiger partial charge on any atom is 0.458 e. The average Bonchev–Trinajstić information content (AvgIpc) is 3.25. The summed E-state index contributed by atoms with van der Waals surface area (Å²) in [7, 11) is -5.18. The van der Waals surface area contributed by atoms with E-state index in [9.17, 15) is 22.1 Å². The third-order valence-corrected chi connectivity index (χ3v) is 8.04. The summed E-state index contributed by atoms with van der Waals surface area (Å²) in [6.07, 6.45) is 3.06. The summed E-state index contributed by atoms with van der Waals surface area (Å²) >= 11 is 0. The Hall–Kier alpha value is -3.96. The molecule has 0 saturated heterocycles. The van der Waals surface area contributed by atoms with Gasteiger partial charge in [-0.25, -0.2) is 19.0 Å². The van der Waals surface area contributed by atoms with Crippen molar-refractivity contribution in [2.24, 2.45) is 0 Å². The van der Waals surface area contributed by atoms with Gasteiger partial charge in [-0.3, -0.25) is 14.6 Å². The quantitative estimate of drug-likeness (QED) is 0.230. The molecule has 0 aliphatic rings. The molecule has 0 spiro atoms. The van der Waals surface area contributed by atoms with Crippen LogP contribution in [0.4, 0.5) is 29.1 Å². The molecule has 190 valence electrons. The van der Waals surface area contributed by atoms with E-state index >= 15 is 0 Å². The van der Waals surface area contributed by atoms with Crippen molar-refractivity contribution in [2.45, 2.75) is 19.4 Å². The molecule has 3 aromatic heterocycles. The highest BCUT2D eigenvalue weighted by Gasteiger charge is 2.53. The fraction of sp³-hybridized carbons (Fsp3) is 0.174. The standard InChI is InChI=1S/C23H19F4N8OP/c1-2-30-37(36,23(25,26)27)19-8-6-16(11-17(19)24)31-20-12-29-21-22(32-20)35(34-33-21)13-14-5-7-18-15(10-14)4-3-9-28-18/h3-12H,2,13H2,1H3,(H,30,36)(H,31,32). The lowest BCUT2D eigenvalue weighted by atomic mass is 10.1. The van der Waals surface area contributed by atoms with Crippen LogP contribution in [0.25, 0.3) is 22.2 Å². The van der Waals surface area contributed by atoms with Crippen LogP contribution in [0.3, 0.4) is 0 Å². The largest absolute Gasteiger partial charge is 0.458 e. The van der Waals surface area contributed by atoms with Crippen LogP contribution in [0.5, 0.6) is 0 Å². The van der Waals surface area contributed by atoms with E-state index in [-0.39, 0.29) is 23.7 Å². The Labute approximate surface area is 207 Å². The van der Waals surface area contributed by atoms with Crippen LogP contribution >= 0.6 is 7.29 Å². The second-order valence-electron chi connectivity index (χ2n) is 8.06. The molecule has 2 aromatic carbocycles. The van der Waals surface area contributed by atoms with Crippen LogP contribution in [-0.2, 0) is 11.1 Å². The van der Waals surface area contributed by atoms with Gasteiger partial charge in [-0.05, 0) is 48.5 Å². The zero-order chi connectivity index (χ0) is 26.2. The van der Waals surface area contributed by atoms with Crippen LogP contribution in [0.15, 0.2) is 60.9 Å². The van der Waals surface area contributed by atoms with Crippen molar-refractivity contribution in [1.29, 1.82) is 0 Å². The number of halogens is 4. The highest BCUT2D eigenvalue weighted by atomic mass is 31.2. The number of fused-ring (bicyclic) bond motifs is 2. The predicted octanol–water partition coefficient (Wildman–Crippen LogP) is 4.73. The molecule has 5 aromatic rings. The van der Waals surface area contributed by atoms with Crippen LogP contribution in [-0.4, -0.2) is 42.4 Å².